The lowest BCUT2D eigenvalue weighted by atomic mass is 10.2. The minimum absolute atomic E-state index is 0.0167. The van der Waals surface area contributed by atoms with Gasteiger partial charge in [0, 0.05) is 30.8 Å². The summed E-state index contributed by atoms with van der Waals surface area (Å²) in [5.74, 6) is 0.735. The standard InChI is InChI=1S/C14H17N5O2/c1-10-8-16-13(17-10)11-4-2-7-19(11)12(20)9-18-6-3-5-15-14(18)21/h3,5-6,8,11H,2,4,7,9H2,1H3,(H,16,17)/t11-/m0/s1. The third-order valence-corrected chi connectivity index (χ3v) is 3.70. The lowest BCUT2D eigenvalue weighted by Gasteiger charge is -2.23. The molecule has 0 unspecified atom stereocenters. The van der Waals surface area contributed by atoms with Gasteiger partial charge in [-0.25, -0.2) is 14.8 Å². The quantitative estimate of drug-likeness (QED) is 0.898. The molecule has 2 aromatic rings. The summed E-state index contributed by atoms with van der Waals surface area (Å²) in [7, 11) is 0. The molecule has 1 amide bonds. The van der Waals surface area contributed by atoms with E-state index in [0.717, 1.165) is 24.4 Å². The molecule has 110 valence electrons. The Labute approximate surface area is 121 Å². The molecule has 7 nitrogen and oxygen atoms in total. The minimum atomic E-state index is -0.407. The van der Waals surface area contributed by atoms with Crippen LogP contribution in [0.1, 0.15) is 30.4 Å². The van der Waals surface area contributed by atoms with Crippen LogP contribution in [0.2, 0.25) is 0 Å². The lowest BCUT2D eigenvalue weighted by molar-refractivity contribution is -0.133. The van der Waals surface area contributed by atoms with Gasteiger partial charge in [-0.2, -0.15) is 0 Å². The maximum Gasteiger partial charge on any atom is 0.347 e. The van der Waals surface area contributed by atoms with Gasteiger partial charge in [0.1, 0.15) is 12.4 Å². The number of aromatic nitrogens is 4. The summed E-state index contributed by atoms with van der Waals surface area (Å²) in [6.45, 7) is 2.65. The van der Waals surface area contributed by atoms with Gasteiger partial charge in [-0.15, -0.1) is 0 Å². The molecule has 1 atom stereocenters. The second-order valence-electron chi connectivity index (χ2n) is 5.23. The van der Waals surface area contributed by atoms with Crippen molar-refractivity contribution in [2.75, 3.05) is 6.54 Å². The van der Waals surface area contributed by atoms with Gasteiger partial charge in [0.2, 0.25) is 5.91 Å². The zero-order valence-corrected chi connectivity index (χ0v) is 11.8. The maximum absolute atomic E-state index is 12.5. The Kier molecular flexibility index (Phi) is 3.55. The van der Waals surface area contributed by atoms with Gasteiger partial charge in [-0.3, -0.25) is 9.36 Å². The van der Waals surface area contributed by atoms with E-state index >= 15 is 0 Å². The van der Waals surface area contributed by atoms with Crippen LogP contribution in [0.5, 0.6) is 0 Å². The van der Waals surface area contributed by atoms with Gasteiger partial charge in [0.25, 0.3) is 0 Å². The molecule has 3 rings (SSSR count). The molecule has 0 saturated carbocycles. The molecular weight excluding hydrogens is 270 g/mol. The lowest BCUT2D eigenvalue weighted by Crippen LogP contribution is -2.36. The van der Waals surface area contributed by atoms with E-state index in [9.17, 15) is 9.59 Å². The molecule has 0 aromatic carbocycles. The number of aromatic amines is 1. The molecular formula is C14H17N5O2. The molecule has 0 aliphatic carbocycles. The largest absolute Gasteiger partial charge is 0.347 e. The topological polar surface area (TPSA) is 83.9 Å². The van der Waals surface area contributed by atoms with Gasteiger partial charge in [0.05, 0.1) is 6.04 Å². The highest BCUT2D eigenvalue weighted by Crippen LogP contribution is 2.30. The average Bonchev–Trinajstić information content (AvgIpc) is 3.09. The number of amides is 1. The van der Waals surface area contributed by atoms with E-state index < -0.39 is 5.69 Å². The van der Waals surface area contributed by atoms with Gasteiger partial charge >= 0.3 is 5.69 Å². The first-order valence-corrected chi connectivity index (χ1v) is 6.97. The summed E-state index contributed by atoms with van der Waals surface area (Å²) in [6, 6.07) is 1.62. The second kappa shape index (κ2) is 5.51. The van der Waals surface area contributed by atoms with E-state index in [-0.39, 0.29) is 18.5 Å². The first kappa shape index (κ1) is 13.5. The fourth-order valence-corrected chi connectivity index (χ4v) is 2.70. The van der Waals surface area contributed by atoms with Crippen LogP contribution in [0.15, 0.2) is 29.5 Å². The van der Waals surface area contributed by atoms with E-state index in [2.05, 4.69) is 15.0 Å². The summed E-state index contributed by atoms with van der Waals surface area (Å²) in [6.07, 6.45) is 6.60. The minimum Gasteiger partial charge on any atom is -0.344 e. The van der Waals surface area contributed by atoms with Crippen LogP contribution >= 0.6 is 0 Å². The van der Waals surface area contributed by atoms with Crippen molar-refractivity contribution in [1.29, 1.82) is 0 Å². The Balaban J connectivity index is 1.77. The Morgan fingerprint density at radius 2 is 2.33 bits per heavy atom. The summed E-state index contributed by atoms with van der Waals surface area (Å²) >= 11 is 0. The van der Waals surface area contributed by atoms with Crippen LogP contribution in [0.3, 0.4) is 0 Å². The molecule has 1 aliphatic rings. The first-order chi connectivity index (χ1) is 10.1. The molecule has 0 spiro atoms. The molecule has 1 fully saturated rings. The van der Waals surface area contributed by atoms with Crippen molar-refractivity contribution in [3.05, 3.63) is 46.7 Å². The smallest absolute Gasteiger partial charge is 0.344 e. The molecule has 1 saturated heterocycles. The number of carbonyl (C=O) groups excluding carboxylic acids is 1. The van der Waals surface area contributed by atoms with Crippen molar-refractivity contribution in [3.8, 4) is 0 Å². The number of likely N-dealkylation sites (tertiary alicyclic amines) is 1. The number of carbonyl (C=O) groups is 1. The third kappa shape index (κ3) is 2.72. The summed E-state index contributed by atoms with van der Waals surface area (Å²) in [5, 5.41) is 0. The number of nitrogens with zero attached hydrogens (tertiary/aromatic N) is 4. The molecule has 0 bridgehead atoms. The van der Waals surface area contributed by atoms with Crippen LogP contribution in [0.4, 0.5) is 0 Å². The normalized spacial score (nSPS) is 18.1. The van der Waals surface area contributed by atoms with Gasteiger partial charge in [-0.05, 0) is 25.8 Å². The molecule has 0 radical (unpaired) electrons. The van der Waals surface area contributed by atoms with E-state index in [1.165, 1.54) is 10.8 Å². The Bertz CT molecular complexity index is 705. The molecule has 2 aromatic heterocycles. The van der Waals surface area contributed by atoms with Crippen LogP contribution in [-0.2, 0) is 11.3 Å². The fourth-order valence-electron chi connectivity index (χ4n) is 2.70. The zero-order chi connectivity index (χ0) is 14.8. The van der Waals surface area contributed by atoms with Crippen molar-refractivity contribution < 1.29 is 4.79 Å². The number of rotatable bonds is 3. The summed E-state index contributed by atoms with van der Waals surface area (Å²) in [4.78, 5) is 37.0. The van der Waals surface area contributed by atoms with Gasteiger partial charge in [-0.1, -0.05) is 0 Å². The molecule has 1 aliphatic heterocycles. The van der Waals surface area contributed by atoms with Crippen molar-refractivity contribution in [2.24, 2.45) is 0 Å². The molecule has 7 heteroatoms. The van der Waals surface area contributed by atoms with Crippen molar-refractivity contribution in [1.82, 2.24) is 24.4 Å². The summed E-state index contributed by atoms with van der Waals surface area (Å²) in [5.41, 5.74) is 0.572. The monoisotopic (exact) mass is 287 g/mol. The van der Waals surface area contributed by atoms with Crippen LogP contribution < -0.4 is 5.69 Å². The van der Waals surface area contributed by atoms with E-state index in [0.29, 0.717) is 6.54 Å². The number of nitrogens with one attached hydrogen (secondary N) is 1. The molecule has 21 heavy (non-hydrogen) atoms. The van der Waals surface area contributed by atoms with E-state index in [1.54, 1.807) is 23.4 Å². The number of imidazole rings is 1. The average molecular weight is 287 g/mol. The molecule has 3 heterocycles. The predicted molar refractivity (Wildman–Crippen MR) is 75.5 cm³/mol. The number of hydrogen-bond acceptors (Lipinski definition) is 4. The number of H-pyrrole nitrogens is 1. The van der Waals surface area contributed by atoms with E-state index in [1.807, 2.05) is 6.92 Å². The highest BCUT2D eigenvalue weighted by Gasteiger charge is 2.31. The van der Waals surface area contributed by atoms with Crippen molar-refractivity contribution >= 4 is 5.91 Å². The van der Waals surface area contributed by atoms with Gasteiger partial charge < -0.3 is 9.88 Å². The SMILES string of the molecule is Cc1cnc([C@@H]2CCCN2C(=O)Cn2cccnc2=O)[nH]1. The third-order valence-electron chi connectivity index (χ3n) is 3.70. The highest BCUT2D eigenvalue weighted by atomic mass is 16.2. The van der Waals surface area contributed by atoms with Crippen LogP contribution in [0, 0.1) is 6.92 Å². The Hall–Kier alpha value is -2.44. The zero-order valence-electron chi connectivity index (χ0n) is 11.8. The first-order valence-electron chi connectivity index (χ1n) is 6.97. The molecule has 1 N–H and O–H groups in total. The Morgan fingerprint density at radius 3 is 3.05 bits per heavy atom. The van der Waals surface area contributed by atoms with Gasteiger partial charge in [0.15, 0.2) is 0 Å². The van der Waals surface area contributed by atoms with Crippen LogP contribution in [0.25, 0.3) is 0 Å². The predicted octanol–water partition coefficient (Wildman–Crippen LogP) is 0.639. The number of aryl methyl sites for hydroxylation is 1. The summed E-state index contributed by atoms with van der Waals surface area (Å²) < 4.78 is 1.32. The highest BCUT2D eigenvalue weighted by molar-refractivity contribution is 5.76. The Morgan fingerprint density at radius 1 is 1.48 bits per heavy atom. The maximum atomic E-state index is 12.5. The second-order valence-corrected chi connectivity index (χ2v) is 5.23. The van der Waals surface area contributed by atoms with Crippen LogP contribution in [-0.4, -0.2) is 36.9 Å². The fraction of sp³-hybridized carbons (Fsp3) is 0.429. The number of hydrogen-bond donors (Lipinski definition) is 1. The van der Waals surface area contributed by atoms with Crippen molar-refractivity contribution in [3.63, 3.8) is 0 Å². The van der Waals surface area contributed by atoms with E-state index in [4.69, 9.17) is 0 Å². The van der Waals surface area contributed by atoms with Crippen molar-refractivity contribution in [2.45, 2.75) is 32.4 Å².